The number of hydrogen-bond donors (Lipinski definition) is 0. The first-order chi connectivity index (χ1) is 13.3. The van der Waals surface area contributed by atoms with Gasteiger partial charge in [-0.15, -0.1) is 23.5 Å². The van der Waals surface area contributed by atoms with Gasteiger partial charge in [0, 0.05) is 17.4 Å². The van der Waals surface area contributed by atoms with Crippen molar-refractivity contribution < 1.29 is 0 Å². The van der Waals surface area contributed by atoms with E-state index in [4.69, 9.17) is 0 Å². The van der Waals surface area contributed by atoms with E-state index in [2.05, 4.69) is 79.0 Å². The van der Waals surface area contributed by atoms with Crippen LogP contribution in [0.1, 0.15) is 68.9 Å². The Labute approximate surface area is 173 Å². The van der Waals surface area contributed by atoms with Crippen LogP contribution >= 0.6 is 23.5 Å². The molecule has 0 aromatic heterocycles. The first-order valence-corrected chi connectivity index (χ1v) is 12.7. The van der Waals surface area contributed by atoms with Crippen LogP contribution in [0.15, 0.2) is 48.5 Å². The summed E-state index contributed by atoms with van der Waals surface area (Å²) in [5.74, 6) is 3.41. The summed E-state index contributed by atoms with van der Waals surface area (Å²) in [4.78, 5) is 0. The second kappa shape index (κ2) is 9.09. The molecule has 2 aromatic rings. The van der Waals surface area contributed by atoms with Crippen molar-refractivity contribution in [3.8, 4) is 11.1 Å². The third-order valence-electron chi connectivity index (χ3n) is 6.24. The minimum atomic E-state index is 0.472. The van der Waals surface area contributed by atoms with Gasteiger partial charge in [0.15, 0.2) is 0 Å². The predicted octanol–water partition coefficient (Wildman–Crippen LogP) is 7.92. The van der Waals surface area contributed by atoms with Gasteiger partial charge in [-0.2, -0.15) is 0 Å². The fourth-order valence-electron chi connectivity index (χ4n) is 4.70. The van der Waals surface area contributed by atoms with Crippen molar-refractivity contribution >= 4 is 23.5 Å². The molecule has 2 aliphatic rings. The number of aryl methyl sites for hydroxylation is 1. The van der Waals surface area contributed by atoms with Crippen LogP contribution < -0.4 is 0 Å². The van der Waals surface area contributed by atoms with Crippen molar-refractivity contribution in [1.29, 1.82) is 0 Å². The summed E-state index contributed by atoms with van der Waals surface area (Å²) in [5.41, 5.74) is 5.75. The maximum absolute atomic E-state index is 2.42. The second-order valence-corrected chi connectivity index (χ2v) is 11.2. The third-order valence-corrected chi connectivity index (χ3v) is 9.98. The van der Waals surface area contributed by atoms with E-state index in [0.717, 1.165) is 5.92 Å². The monoisotopic (exact) mass is 396 g/mol. The quantitative estimate of drug-likeness (QED) is 0.455. The smallest absolute Gasteiger partial charge is 0.0679 e. The first kappa shape index (κ1) is 19.5. The molecule has 1 heterocycles. The van der Waals surface area contributed by atoms with Crippen LogP contribution in [0.4, 0.5) is 0 Å². The summed E-state index contributed by atoms with van der Waals surface area (Å²) in [5, 5.41) is 0. The number of thioether (sulfide) groups is 2. The van der Waals surface area contributed by atoms with Crippen LogP contribution in [-0.4, -0.2) is 15.6 Å². The summed E-state index contributed by atoms with van der Waals surface area (Å²) in [6.07, 6.45) is 10.7. The van der Waals surface area contributed by atoms with Crippen LogP contribution in [0, 0.1) is 0 Å². The Kier molecular flexibility index (Phi) is 6.55. The molecule has 27 heavy (non-hydrogen) atoms. The van der Waals surface area contributed by atoms with Crippen molar-refractivity contribution in [2.24, 2.45) is 0 Å². The average Bonchev–Trinajstić information content (AvgIpc) is 3.18. The van der Waals surface area contributed by atoms with Crippen molar-refractivity contribution in [3.05, 3.63) is 59.7 Å². The standard InChI is InChI=1S/C25H32S2/c1-2-3-4-7-20-9-11-21(12-10-20)22-13-15-23(16-14-22)24-8-5-6-17-25(24)26-18-19-27-25/h9-16,24H,2-8,17-19H2,1H3. The number of benzene rings is 2. The maximum Gasteiger partial charge on any atom is 0.0679 e. The fourth-order valence-corrected chi connectivity index (χ4v) is 8.38. The highest BCUT2D eigenvalue weighted by atomic mass is 32.2. The largest absolute Gasteiger partial charge is 0.143 e. The molecule has 0 nitrogen and oxygen atoms in total. The summed E-state index contributed by atoms with van der Waals surface area (Å²) < 4.78 is 0.472. The molecule has 1 unspecified atom stereocenters. The number of unbranched alkanes of at least 4 members (excludes halogenated alkanes) is 2. The van der Waals surface area contributed by atoms with Crippen molar-refractivity contribution in [2.75, 3.05) is 11.5 Å². The van der Waals surface area contributed by atoms with Crippen LogP contribution in [0.3, 0.4) is 0 Å². The SMILES string of the molecule is CCCCCc1ccc(-c2ccc(C3CCCCC34SCCS4)cc2)cc1. The highest BCUT2D eigenvalue weighted by Gasteiger charge is 2.44. The summed E-state index contributed by atoms with van der Waals surface area (Å²) in [6, 6.07) is 18.8. The average molecular weight is 397 g/mol. The van der Waals surface area contributed by atoms with Crippen LogP contribution in [0.25, 0.3) is 11.1 Å². The van der Waals surface area contributed by atoms with Crippen LogP contribution in [0.2, 0.25) is 0 Å². The maximum atomic E-state index is 2.42. The number of rotatable bonds is 6. The Bertz CT molecular complexity index is 711. The van der Waals surface area contributed by atoms with Crippen molar-refractivity contribution in [2.45, 2.75) is 68.3 Å². The van der Waals surface area contributed by atoms with Gasteiger partial charge in [-0.1, -0.05) is 81.1 Å². The minimum Gasteiger partial charge on any atom is -0.143 e. The summed E-state index contributed by atoms with van der Waals surface area (Å²) in [6.45, 7) is 2.27. The summed E-state index contributed by atoms with van der Waals surface area (Å²) >= 11 is 4.48. The molecular weight excluding hydrogens is 364 g/mol. The Balaban J connectivity index is 1.47. The lowest BCUT2D eigenvalue weighted by atomic mass is 9.82. The van der Waals surface area contributed by atoms with Gasteiger partial charge < -0.3 is 0 Å². The Hall–Kier alpha value is -0.860. The fraction of sp³-hybridized carbons (Fsp3) is 0.520. The Morgan fingerprint density at radius 1 is 0.852 bits per heavy atom. The molecule has 0 bridgehead atoms. The molecule has 1 saturated carbocycles. The zero-order valence-electron chi connectivity index (χ0n) is 16.6. The highest BCUT2D eigenvalue weighted by Crippen LogP contribution is 2.59. The molecule has 0 N–H and O–H groups in total. The summed E-state index contributed by atoms with van der Waals surface area (Å²) in [7, 11) is 0. The van der Waals surface area contributed by atoms with Gasteiger partial charge in [-0.3, -0.25) is 0 Å². The Morgan fingerprint density at radius 3 is 2.19 bits per heavy atom. The molecular formula is C25H32S2. The molecule has 2 fully saturated rings. The molecule has 2 aromatic carbocycles. The van der Waals surface area contributed by atoms with Crippen molar-refractivity contribution in [1.82, 2.24) is 0 Å². The van der Waals surface area contributed by atoms with E-state index in [9.17, 15) is 0 Å². The molecule has 144 valence electrons. The van der Waals surface area contributed by atoms with Gasteiger partial charge >= 0.3 is 0 Å². The van der Waals surface area contributed by atoms with E-state index in [1.807, 2.05) is 0 Å². The van der Waals surface area contributed by atoms with Gasteiger partial charge in [0.2, 0.25) is 0 Å². The van der Waals surface area contributed by atoms with Gasteiger partial charge in [-0.05, 0) is 47.9 Å². The highest BCUT2D eigenvalue weighted by molar-refractivity contribution is 8.21. The van der Waals surface area contributed by atoms with E-state index in [0.29, 0.717) is 4.08 Å². The Morgan fingerprint density at radius 2 is 1.52 bits per heavy atom. The molecule has 1 aliphatic carbocycles. The van der Waals surface area contributed by atoms with E-state index in [1.165, 1.54) is 79.6 Å². The van der Waals surface area contributed by atoms with Crippen molar-refractivity contribution in [3.63, 3.8) is 0 Å². The lowest BCUT2D eigenvalue weighted by Gasteiger charge is -2.40. The molecule has 4 rings (SSSR count). The zero-order valence-corrected chi connectivity index (χ0v) is 18.2. The molecule has 0 radical (unpaired) electrons. The van der Waals surface area contributed by atoms with E-state index in [-0.39, 0.29) is 0 Å². The lowest BCUT2D eigenvalue weighted by Crippen LogP contribution is -2.30. The molecule has 1 aliphatic heterocycles. The first-order valence-electron chi connectivity index (χ1n) is 10.8. The predicted molar refractivity (Wildman–Crippen MR) is 124 cm³/mol. The van der Waals surface area contributed by atoms with Crippen LogP contribution in [0.5, 0.6) is 0 Å². The molecule has 0 amide bonds. The molecule has 2 heteroatoms. The molecule has 1 saturated heterocycles. The zero-order chi connectivity index (χ0) is 18.5. The van der Waals surface area contributed by atoms with E-state index >= 15 is 0 Å². The van der Waals surface area contributed by atoms with E-state index < -0.39 is 0 Å². The minimum absolute atomic E-state index is 0.472. The molecule has 1 atom stereocenters. The van der Waals surface area contributed by atoms with E-state index in [1.54, 1.807) is 5.56 Å². The van der Waals surface area contributed by atoms with Gasteiger partial charge in [0.25, 0.3) is 0 Å². The van der Waals surface area contributed by atoms with Crippen LogP contribution in [-0.2, 0) is 6.42 Å². The normalized spacial score (nSPS) is 21.6. The van der Waals surface area contributed by atoms with Gasteiger partial charge in [0.1, 0.15) is 0 Å². The van der Waals surface area contributed by atoms with Gasteiger partial charge in [-0.25, -0.2) is 0 Å². The number of hydrogen-bond acceptors (Lipinski definition) is 2. The molecule has 1 spiro atoms. The topological polar surface area (TPSA) is 0 Å². The second-order valence-electron chi connectivity index (χ2n) is 8.08. The third kappa shape index (κ3) is 4.43. The lowest BCUT2D eigenvalue weighted by molar-refractivity contribution is 0.433. The van der Waals surface area contributed by atoms with Gasteiger partial charge in [0.05, 0.1) is 4.08 Å².